The van der Waals surface area contributed by atoms with Gasteiger partial charge < -0.3 is 23.5 Å². The lowest BCUT2D eigenvalue weighted by atomic mass is 10.2. The molecular weight excluding hydrogens is 347 g/mol. The Hall–Kier alpha value is -1.37. The van der Waals surface area contributed by atoms with Gasteiger partial charge in [0.1, 0.15) is 17.4 Å². The maximum Gasteiger partial charge on any atom is 0.408 e. The largest absolute Gasteiger partial charge is 0.444 e. The lowest BCUT2D eigenvalue weighted by Gasteiger charge is -2.21. The number of nitrogens with zero attached hydrogens (tertiary/aromatic N) is 1. The molecule has 9 heteroatoms. The topological polar surface area (TPSA) is 99.9 Å². The zero-order chi connectivity index (χ0) is 19.3. The second-order valence-corrected chi connectivity index (χ2v) is 8.29. The molecule has 0 aliphatic carbocycles. The first kappa shape index (κ1) is 21.7. The number of aromatic nitrogens is 1. The molecule has 0 saturated heterocycles. The summed E-state index contributed by atoms with van der Waals surface area (Å²) in [5.41, 5.74) is -0.453. The van der Waals surface area contributed by atoms with Gasteiger partial charge >= 0.3 is 13.7 Å². The van der Waals surface area contributed by atoms with E-state index in [0.29, 0.717) is 12.2 Å². The van der Waals surface area contributed by atoms with Crippen LogP contribution >= 0.6 is 7.60 Å². The van der Waals surface area contributed by atoms with Gasteiger partial charge in [-0.1, -0.05) is 6.92 Å². The fourth-order valence-electron chi connectivity index (χ4n) is 2.04. The van der Waals surface area contributed by atoms with Crippen LogP contribution in [0.3, 0.4) is 0 Å². The van der Waals surface area contributed by atoms with E-state index >= 15 is 0 Å². The molecule has 0 fully saturated rings. The number of nitrogens with one attached hydrogen (secondary N) is 1. The number of carbonyl (C=O) groups is 1. The molecule has 0 radical (unpaired) electrons. The highest BCUT2D eigenvalue weighted by molar-refractivity contribution is 7.62. The van der Waals surface area contributed by atoms with Crippen molar-refractivity contribution in [3.63, 3.8) is 0 Å². The fourth-order valence-corrected chi connectivity index (χ4v) is 3.77. The fraction of sp³-hybridized carbons (Fsp3) is 0.750. The molecule has 0 spiro atoms. The van der Waals surface area contributed by atoms with Crippen LogP contribution < -0.4 is 10.8 Å². The van der Waals surface area contributed by atoms with Crippen LogP contribution in [0.5, 0.6) is 0 Å². The Labute approximate surface area is 149 Å². The normalized spacial score (nSPS) is 13.6. The summed E-state index contributed by atoms with van der Waals surface area (Å²) >= 11 is 0. The Bertz CT molecular complexity index is 613. The molecule has 1 aromatic rings. The predicted molar refractivity (Wildman–Crippen MR) is 94.2 cm³/mol. The van der Waals surface area contributed by atoms with Gasteiger partial charge in [0.2, 0.25) is 5.89 Å². The number of hydrogen-bond donors (Lipinski definition) is 1. The molecule has 0 bridgehead atoms. The Balaban J connectivity index is 3.05. The van der Waals surface area contributed by atoms with E-state index in [1.54, 1.807) is 41.5 Å². The Kier molecular flexibility index (Phi) is 7.65. The molecule has 0 unspecified atom stereocenters. The van der Waals surface area contributed by atoms with Gasteiger partial charge in [-0.25, -0.2) is 9.78 Å². The third-order valence-electron chi connectivity index (χ3n) is 2.98. The average molecular weight is 376 g/mol. The minimum absolute atomic E-state index is 0.159. The summed E-state index contributed by atoms with van der Waals surface area (Å²) in [4.78, 5) is 16.2. The van der Waals surface area contributed by atoms with E-state index in [0.717, 1.165) is 0 Å². The highest BCUT2D eigenvalue weighted by Gasteiger charge is 2.35. The number of rotatable bonds is 8. The molecule has 0 aromatic carbocycles. The highest BCUT2D eigenvalue weighted by Crippen LogP contribution is 2.47. The van der Waals surface area contributed by atoms with E-state index in [2.05, 4.69) is 10.3 Å². The van der Waals surface area contributed by atoms with Crippen LogP contribution in [0.4, 0.5) is 4.79 Å². The summed E-state index contributed by atoms with van der Waals surface area (Å²) in [6.45, 7) is 12.8. The molecule has 1 atom stereocenters. The standard InChI is InChI=1S/C16H29N2O6P/c1-8-12-14(25(20,21-9-2)22-10-3)18-13(23-12)11(4)17-15(19)24-16(5,6)7/h11H,8-10H2,1-7H3,(H,17,19)/t11-/m1/s1. The lowest BCUT2D eigenvalue weighted by Crippen LogP contribution is -2.34. The molecule has 144 valence electrons. The number of oxazole rings is 1. The Morgan fingerprint density at radius 3 is 2.24 bits per heavy atom. The van der Waals surface area contributed by atoms with Crippen molar-refractivity contribution < 1.29 is 27.6 Å². The zero-order valence-corrected chi connectivity index (χ0v) is 16.9. The molecule has 1 aromatic heterocycles. The number of alkyl carbamates (subject to hydrolysis) is 1. The summed E-state index contributed by atoms with van der Waals surface area (Å²) in [6, 6.07) is -0.564. The van der Waals surface area contributed by atoms with E-state index in [1.165, 1.54) is 0 Å². The van der Waals surface area contributed by atoms with E-state index < -0.39 is 25.3 Å². The quantitative estimate of drug-likeness (QED) is 0.690. The van der Waals surface area contributed by atoms with Crippen LogP contribution in [0.1, 0.15) is 66.2 Å². The van der Waals surface area contributed by atoms with Crippen molar-refractivity contribution in [1.29, 1.82) is 0 Å². The van der Waals surface area contributed by atoms with Crippen molar-refractivity contribution in [2.45, 2.75) is 66.5 Å². The monoisotopic (exact) mass is 376 g/mol. The summed E-state index contributed by atoms with van der Waals surface area (Å²) in [6.07, 6.45) is -0.123. The second-order valence-electron chi connectivity index (χ2n) is 6.35. The minimum atomic E-state index is -3.56. The van der Waals surface area contributed by atoms with Crippen LogP contribution in [-0.4, -0.2) is 29.9 Å². The van der Waals surface area contributed by atoms with E-state index in [4.69, 9.17) is 18.2 Å². The first-order chi connectivity index (χ1) is 11.6. The van der Waals surface area contributed by atoms with Crippen molar-refractivity contribution in [2.75, 3.05) is 13.2 Å². The SMILES string of the molecule is CCOP(=O)(OCC)c1nc([C@@H](C)NC(=O)OC(C)(C)C)oc1CC. The van der Waals surface area contributed by atoms with Gasteiger partial charge in [0.15, 0.2) is 5.44 Å². The van der Waals surface area contributed by atoms with Crippen LogP contribution in [0.15, 0.2) is 4.42 Å². The predicted octanol–water partition coefficient (Wildman–Crippen LogP) is 3.71. The molecular formula is C16H29N2O6P. The van der Waals surface area contributed by atoms with E-state index in [9.17, 15) is 9.36 Å². The van der Waals surface area contributed by atoms with Crippen molar-refractivity contribution in [1.82, 2.24) is 10.3 Å². The third kappa shape index (κ3) is 6.13. The van der Waals surface area contributed by atoms with Gasteiger partial charge in [-0.2, -0.15) is 0 Å². The molecule has 0 aliphatic heterocycles. The van der Waals surface area contributed by atoms with Gasteiger partial charge in [-0.3, -0.25) is 4.57 Å². The minimum Gasteiger partial charge on any atom is -0.444 e. The van der Waals surface area contributed by atoms with Crippen molar-refractivity contribution >= 4 is 19.1 Å². The van der Waals surface area contributed by atoms with Crippen LogP contribution in [0.2, 0.25) is 0 Å². The summed E-state index contributed by atoms with van der Waals surface area (Å²) in [5.74, 6) is 0.635. The first-order valence-corrected chi connectivity index (χ1v) is 9.99. The number of hydrogen-bond acceptors (Lipinski definition) is 7. The molecule has 0 aliphatic rings. The smallest absolute Gasteiger partial charge is 0.408 e. The third-order valence-corrected chi connectivity index (χ3v) is 5.04. The molecule has 25 heavy (non-hydrogen) atoms. The molecule has 1 rings (SSSR count). The first-order valence-electron chi connectivity index (χ1n) is 8.45. The molecule has 8 nitrogen and oxygen atoms in total. The van der Waals surface area contributed by atoms with Crippen molar-refractivity contribution in [2.24, 2.45) is 0 Å². The van der Waals surface area contributed by atoms with Crippen molar-refractivity contribution in [3.8, 4) is 0 Å². The maximum atomic E-state index is 13.0. The van der Waals surface area contributed by atoms with Gasteiger partial charge in [-0.05, 0) is 41.5 Å². The zero-order valence-electron chi connectivity index (χ0n) is 16.0. The van der Waals surface area contributed by atoms with Crippen LogP contribution in [0.25, 0.3) is 0 Å². The van der Waals surface area contributed by atoms with Crippen molar-refractivity contribution in [3.05, 3.63) is 11.7 Å². The average Bonchev–Trinajstić information content (AvgIpc) is 2.90. The van der Waals surface area contributed by atoms with Gasteiger partial charge in [-0.15, -0.1) is 0 Å². The van der Waals surface area contributed by atoms with Gasteiger partial charge in [0.05, 0.1) is 13.2 Å². The molecule has 0 saturated carbocycles. The molecule has 1 heterocycles. The van der Waals surface area contributed by atoms with Gasteiger partial charge in [0, 0.05) is 6.42 Å². The number of amides is 1. The maximum absolute atomic E-state index is 13.0. The second kappa shape index (κ2) is 8.83. The number of aryl methyl sites for hydroxylation is 1. The summed E-state index contributed by atoms with van der Waals surface area (Å²) in [7, 11) is -3.56. The van der Waals surface area contributed by atoms with Crippen LogP contribution in [0, 0.1) is 0 Å². The number of carbonyl (C=O) groups excluding carboxylic acids is 1. The summed E-state index contributed by atoms with van der Waals surface area (Å²) in [5, 5.41) is 2.64. The molecule has 1 amide bonds. The summed E-state index contributed by atoms with van der Waals surface area (Å²) < 4.78 is 34.5. The van der Waals surface area contributed by atoms with Gasteiger partial charge in [0.25, 0.3) is 0 Å². The Morgan fingerprint density at radius 1 is 1.24 bits per heavy atom. The van der Waals surface area contributed by atoms with E-state index in [-0.39, 0.29) is 24.5 Å². The molecule has 1 N–H and O–H groups in total. The lowest BCUT2D eigenvalue weighted by molar-refractivity contribution is 0.0500. The Morgan fingerprint density at radius 2 is 1.80 bits per heavy atom. The highest BCUT2D eigenvalue weighted by atomic mass is 31.2. The van der Waals surface area contributed by atoms with E-state index in [1.807, 2.05) is 6.92 Å². The van der Waals surface area contributed by atoms with Crippen LogP contribution in [-0.2, 0) is 24.8 Å². The number of ether oxygens (including phenoxy) is 1.